The molecule has 0 radical (unpaired) electrons. The highest BCUT2D eigenvalue weighted by Crippen LogP contribution is 2.16. The predicted octanol–water partition coefficient (Wildman–Crippen LogP) is 1.88. The summed E-state index contributed by atoms with van der Waals surface area (Å²) in [6.07, 6.45) is 4.37. The molecule has 1 unspecified atom stereocenters. The molecule has 0 amide bonds. The lowest BCUT2D eigenvalue weighted by molar-refractivity contribution is 0.738. The average Bonchev–Trinajstić information content (AvgIpc) is 2.49. The van der Waals surface area contributed by atoms with Crippen LogP contribution < -0.4 is 5.73 Å². The highest BCUT2D eigenvalue weighted by molar-refractivity contribution is 6.29. The summed E-state index contributed by atoms with van der Waals surface area (Å²) in [7, 11) is 0. The van der Waals surface area contributed by atoms with Gasteiger partial charge in [-0.1, -0.05) is 17.7 Å². The van der Waals surface area contributed by atoms with Crippen molar-refractivity contribution in [1.82, 2.24) is 9.38 Å². The third-order valence-corrected chi connectivity index (χ3v) is 2.39. The molecule has 2 aromatic rings. The molecular weight excluding hydrogens is 198 g/mol. The Morgan fingerprint density at radius 2 is 2.43 bits per heavy atom. The summed E-state index contributed by atoms with van der Waals surface area (Å²) in [5, 5.41) is 0.631. The van der Waals surface area contributed by atoms with Crippen LogP contribution in [-0.4, -0.2) is 15.4 Å². The van der Waals surface area contributed by atoms with Crippen molar-refractivity contribution >= 4 is 17.2 Å². The summed E-state index contributed by atoms with van der Waals surface area (Å²) in [6.45, 7) is 1.98. The smallest absolute Gasteiger partial charge is 0.141 e. The lowest BCUT2D eigenvalue weighted by Crippen LogP contribution is -2.18. The topological polar surface area (TPSA) is 43.3 Å². The number of aromatic nitrogens is 2. The molecule has 2 heterocycles. The molecular formula is C10H12ClN3. The van der Waals surface area contributed by atoms with Gasteiger partial charge in [-0.2, -0.15) is 0 Å². The zero-order chi connectivity index (χ0) is 10.1. The SMILES string of the molecule is CC(N)Cc1cccn2c(Cl)cnc12. The van der Waals surface area contributed by atoms with E-state index in [1.807, 2.05) is 29.7 Å². The lowest BCUT2D eigenvalue weighted by atomic mass is 10.1. The van der Waals surface area contributed by atoms with E-state index in [-0.39, 0.29) is 6.04 Å². The Labute approximate surface area is 87.5 Å². The van der Waals surface area contributed by atoms with Crippen LogP contribution in [0, 0.1) is 0 Å². The highest BCUT2D eigenvalue weighted by Gasteiger charge is 2.06. The summed E-state index contributed by atoms with van der Waals surface area (Å²) >= 11 is 5.95. The predicted molar refractivity (Wildman–Crippen MR) is 57.6 cm³/mol. The van der Waals surface area contributed by atoms with Crippen LogP contribution in [-0.2, 0) is 6.42 Å². The number of pyridine rings is 1. The summed E-state index contributed by atoms with van der Waals surface area (Å²) in [5.41, 5.74) is 7.78. The number of rotatable bonds is 2. The summed E-state index contributed by atoms with van der Waals surface area (Å²) in [5.74, 6) is 0. The zero-order valence-corrected chi connectivity index (χ0v) is 8.70. The molecule has 0 saturated carbocycles. The monoisotopic (exact) mass is 209 g/mol. The molecule has 4 heteroatoms. The van der Waals surface area contributed by atoms with Crippen LogP contribution in [0.5, 0.6) is 0 Å². The minimum atomic E-state index is 0.136. The van der Waals surface area contributed by atoms with E-state index in [0.717, 1.165) is 17.6 Å². The quantitative estimate of drug-likeness (QED) is 0.821. The van der Waals surface area contributed by atoms with E-state index in [1.165, 1.54) is 0 Å². The van der Waals surface area contributed by atoms with Crippen molar-refractivity contribution in [3.63, 3.8) is 0 Å². The van der Waals surface area contributed by atoms with E-state index in [2.05, 4.69) is 4.98 Å². The molecule has 14 heavy (non-hydrogen) atoms. The molecule has 74 valence electrons. The molecule has 0 bridgehead atoms. The summed E-state index contributed by atoms with van der Waals surface area (Å²) in [6, 6.07) is 4.12. The first-order valence-corrected chi connectivity index (χ1v) is 4.92. The van der Waals surface area contributed by atoms with Crippen molar-refractivity contribution in [3.8, 4) is 0 Å². The van der Waals surface area contributed by atoms with Gasteiger partial charge in [0, 0.05) is 12.2 Å². The van der Waals surface area contributed by atoms with Gasteiger partial charge in [0.25, 0.3) is 0 Å². The molecule has 1 atom stereocenters. The normalized spacial score (nSPS) is 13.4. The Kier molecular flexibility index (Phi) is 2.44. The maximum atomic E-state index is 5.95. The highest BCUT2D eigenvalue weighted by atomic mass is 35.5. The first kappa shape index (κ1) is 9.49. The van der Waals surface area contributed by atoms with Gasteiger partial charge in [0.15, 0.2) is 0 Å². The van der Waals surface area contributed by atoms with Crippen LogP contribution in [0.2, 0.25) is 5.15 Å². The van der Waals surface area contributed by atoms with E-state index in [0.29, 0.717) is 5.15 Å². The molecule has 2 aromatic heterocycles. The van der Waals surface area contributed by atoms with E-state index < -0.39 is 0 Å². The zero-order valence-electron chi connectivity index (χ0n) is 7.94. The van der Waals surface area contributed by atoms with Crippen molar-refractivity contribution in [2.24, 2.45) is 5.73 Å². The Hall–Kier alpha value is -1.06. The molecule has 2 rings (SSSR count). The van der Waals surface area contributed by atoms with E-state index in [4.69, 9.17) is 17.3 Å². The van der Waals surface area contributed by atoms with Crippen LogP contribution in [0.4, 0.5) is 0 Å². The Morgan fingerprint density at radius 3 is 3.14 bits per heavy atom. The Bertz CT molecular complexity index is 448. The first-order valence-electron chi connectivity index (χ1n) is 4.54. The second-order valence-corrected chi connectivity index (χ2v) is 3.88. The van der Waals surface area contributed by atoms with Gasteiger partial charge in [0.2, 0.25) is 0 Å². The second-order valence-electron chi connectivity index (χ2n) is 3.49. The standard InChI is InChI=1S/C10H12ClN3/c1-7(12)5-8-3-2-4-14-9(11)6-13-10(8)14/h2-4,6-7H,5,12H2,1H3. The lowest BCUT2D eigenvalue weighted by Gasteiger charge is -2.06. The maximum absolute atomic E-state index is 5.95. The Balaban J connectivity index is 2.54. The minimum absolute atomic E-state index is 0.136. The van der Waals surface area contributed by atoms with Crippen LogP contribution in [0.25, 0.3) is 5.65 Å². The molecule has 3 nitrogen and oxygen atoms in total. The number of hydrogen-bond acceptors (Lipinski definition) is 2. The molecule has 0 aromatic carbocycles. The molecule has 0 spiro atoms. The van der Waals surface area contributed by atoms with Crippen LogP contribution in [0.3, 0.4) is 0 Å². The number of halogens is 1. The van der Waals surface area contributed by atoms with Crippen LogP contribution in [0.1, 0.15) is 12.5 Å². The molecule has 0 saturated heterocycles. The van der Waals surface area contributed by atoms with E-state index >= 15 is 0 Å². The second kappa shape index (κ2) is 3.59. The fraction of sp³-hybridized carbons (Fsp3) is 0.300. The molecule has 0 aliphatic heterocycles. The largest absolute Gasteiger partial charge is 0.328 e. The van der Waals surface area contributed by atoms with Crippen molar-refractivity contribution in [2.45, 2.75) is 19.4 Å². The first-order chi connectivity index (χ1) is 6.68. The number of nitrogens with two attached hydrogens (primary N) is 1. The molecule has 0 aliphatic carbocycles. The minimum Gasteiger partial charge on any atom is -0.328 e. The summed E-state index contributed by atoms with van der Waals surface area (Å²) in [4.78, 5) is 4.25. The molecule has 2 N–H and O–H groups in total. The fourth-order valence-electron chi connectivity index (χ4n) is 1.55. The Morgan fingerprint density at radius 1 is 1.64 bits per heavy atom. The fourth-order valence-corrected chi connectivity index (χ4v) is 1.73. The number of hydrogen-bond donors (Lipinski definition) is 1. The van der Waals surface area contributed by atoms with Crippen LogP contribution in [0.15, 0.2) is 24.5 Å². The average molecular weight is 210 g/mol. The van der Waals surface area contributed by atoms with Gasteiger partial charge < -0.3 is 5.73 Å². The van der Waals surface area contributed by atoms with Gasteiger partial charge in [-0.3, -0.25) is 4.40 Å². The number of imidazole rings is 1. The van der Waals surface area contributed by atoms with Gasteiger partial charge in [-0.05, 0) is 25.0 Å². The maximum Gasteiger partial charge on any atom is 0.141 e. The van der Waals surface area contributed by atoms with E-state index in [9.17, 15) is 0 Å². The van der Waals surface area contributed by atoms with Crippen molar-refractivity contribution < 1.29 is 0 Å². The van der Waals surface area contributed by atoms with Gasteiger partial charge in [-0.15, -0.1) is 0 Å². The van der Waals surface area contributed by atoms with Gasteiger partial charge in [-0.25, -0.2) is 4.98 Å². The number of fused-ring (bicyclic) bond motifs is 1. The van der Waals surface area contributed by atoms with Gasteiger partial charge in [0.1, 0.15) is 10.8 Å². The van der Waals surface area contributed by atoms with E-state index in [1.54, 1.807) is 6.20 Å². The van der Waals surface area contributed by atoms with Crippen molar-refractivity contribution in [1.29, 1.82) is 0 Å². The third kappa shape index (κ3) is 1.61. The van der Waals surface area contributed by atoms with Gasteiger partial charge >= 0.3 is 0 Å². The number of nitrogens with zero attached hydrogens (tertiary/aromatic N) is 2. The van der Waals surface area contributed by atoms with Crippen molar-refractivity contribution in [2.75, 3.05) is 0 Å². The molecule has 0 fully saturated rings. The van der Waals surface area contributed by atoms with Crippen LogP contribution >= 0.6 is 11.6 Å². The third-order valence-electron chi connectivity index (χ3n) is 2.11. The van der Waals surface area contributed by atoms with Crippen molar-refractivity contribution in [3.05, 3.63) is 35.2 Å². The molecule has 0 aliphatic rings. The summed E-state index contributed by atoms with van der Waals surface area (Å²) < 4.78 is 1.86. The van der Waals surface area contributed by atoms with Gasteiger partial charge in [0.05, 0.1) is 6.20 Å².